The van der Waals surface area contributed by atoms with E-state index < -0.39 is 5.97 Å². The molecule has 0 radical (unpaired) electrons. The van der Waals surface area contributed by atoms with Crippen LogP contribution in [0.2, 0.25) is 0 Å². The molecule has 0 aliphatic carbocycles. The molecule has 2 aromatic rings. The van der Waals surface area contributed by atoms with Gasteiger partial charge in [0.15, 0.2) is 5.69 Å². The minimum atomic E-state index is -1.03. The fourth-order valence-electron chi connectivity index (χ4n) is 1.28. The van der Waals surface area contributed by atoms with E-state index in [0.29, 0.717) is 10.9 Å². The second-order valence-electron chi connectivity index (χ2n) is 2.71. The van der Waals surface area contributed by atoms with Crippen LogP contribution in [0.25, 0.3) is 10.9 Å². The van der Waals surface area contributed by atoms with E-state index >= 15 is 0 Å². The lowest BCUT2D eigenvalue weighted by atomic mass is 10.2. The van der Waals surface area contributed by atoms with Gasteiger partial charge in [0.25, 0.3) is 0 Å². The maximum atomic E-state index is 10.8. The summed E-state index contributed by atoms with van der Waals surface area (Å²) in [6.07, 6.45) is 1.44. The van der Waals surface area contributed by atoms with Gasteiger partial charge in [-0.2, -0.15) is 5.10 Å². The highest BCUT2D eigenvalue weighted by Crippen LogP contribution is 2.17. The number of aromatic amines is 1. The van der Waals surface area contributed by atoms with Crippen LogP contribution >= 0.6 is 0 Å². The average Bonchev–Trinajstić information content (AvgIpc) is 2.48. The van der Waals surface area contributed by atoms with Gasteiger partial charge in [0, 0.05) is 11.9 Å². The highest BCUT2D eigenvalue weighted by molar-refractivity contribution is 6.01. The van der Waals surface area contributed by atoms with Crippen LogP contribution in [0.15, 0.2) is 12.3 Å². The summed E-state index contributed by atoms with van der Waals surface area (Å²) >= 11 is 0. The van der Waals surface area contributed by atoms with Crippen LogP contribution in [0.4, 0.5) is 0 Å². The number of aryl methyl sites for hydroxylation is 1. The molecule has 2 N–H and O–H groups in total. The third-order valence-corrected chi connectivity index (χ3v) is 1.85. The molecule has 0 aliphatic heterocycles. The number of nitrogens with one attached hydrogen (secondary N) is 1. The van der Waals surface area contributed by atoms with Gasteiger partial charge in [-0.25, -0.2) is 9.78 Å². The van der Waals surface area contributed by atoms with Gasteiger partial charge in [-0.1, -0.05) is 0 Å². The number of carboxylic acids is 1. The van der Waals surface area contributed by atoms with Crippen molar-refractivity contribution in [3.05, 3.63) is 23.7 Å². The minimum absolute atomic E-state index is 0.0451. The molecule has 66 valence electrons. The van der Waals surface area contributed by atoms with Crippen molar-refractivity contribution in [2.75, 3.05) is 0 Å². The Bertz CT molecular complexity index is 475. The van der Waals surface area contributed by atoms with Crippen molar-refractivity contribution in [1.82, 2.24) is 15.2 Å². The van der Waals surface area contributed by atoms with Crippen molar-refractivity contribution in [3.63, 3.8) is 0 Å². The van der Waals surface area contributed by atoms with Crippen LogP contribution in [0, 0.1) is 6.92 Å². The maximum Gasteiger partial charge on any atom is 0.355 e. The molecule has 0 aliphatic rings. The van der Waals surface area contributed by atoms with Crippen molar-refractivity contribution in [3.8, 4) is 0 Å². The van der Waals surface area contributed by atoms with Crippen LogP contribution in [0.5, 0.6) is 0 Å². The van der Waals surface area contributed by atoms with Gasteiger partial charge in [0.05, 0.1) is 10.9 Å². The Hall–Kier alpha value is -1.91. The van der Waals surface area contributed by atoms with Gasteiger partial charge in [-0.15, -0.1) is 0 Å². The first-order valence-electron chi connectivity index (χ1n) is 3.73. The van der Waals surface area contributed by atoms with Gasteiger partial charge in [-0.05, 0) is 13.0 Å². The first kappa shape index (κ1) is 7.72. The van der Waals surface area contributed by atoms with E-state index in [1.54, 1.807) is 13.0 Å². The number of carbonyl (C=O) groups is 1. The van der Waals surface area contributed by atoms with Crippen LogP contribution in [0.1, 0.15) is 16.2 Å². The molecule has 0 saturated heterocycles. The van der Waals surface area contributed by atoms with E-state index in [1.807, 2.05) is 0 Å². The smallest absolute Gasteiger partial charge is 0.355 e. The predicted molar refractivity (Wildman–Crippen MR) is 45.6 cm³/mol. The van der Waals surface area contributed by atoms with E-state index in [-0.39, 0.29) is 5.69 Å². The molecule has 13 heavy (non-hydrogen) atoms. The molecule has 2 aromatic heterocycles. The molecule has 0 amide bonds. The zero-order valence-corrected chi connectivity index (χ0v) is 6.90. The summed E-state index contributed by atoms with van der Waals surface area (Å²) in [6.45, 7) is 1.77. The number of fused-ring (bicyclic) bond motifs is 1. The quantitative estimate of drug-likeness (QED) is 0.680. The number of nitrogens with zero attached hydrogens (tertiary/aromatic N) is 2. The molecule has 0 aromatic carbocycles. The van der Waals surface area contributed by atoms with Crippen molar-refractivity contribution in [2.45, 2.75) is 6.92 Å². The van der Waals surface area contributed by atoms with E-state index in [0.717, 1.165) is 5.69 Å². The molecule has 0 fully saturated rings. The van der Waals surface area contributed by atoms with Gasteiger partial charge >= 0.3 is 5.97 Å². The fourth-order valence-corrected chi connectivity index (χ4v) is 1.28. The second kappa shape index (κ2) is 2.55. The van der Waals surface area contributed by atoms with Crippen molar-refractivity contribution < 1.29 is 9.90 Å². The largest absolute Gasteiger partial charge is 0.476 e. The van der Waals surface area contributed by atoms with Crippen molar-refractivity contribution in [1.29, 1.82) is 0 Å². The summed E-state index contributed by atoms with van der Waals surface area (Å²) < 4.78 is 0. The fraction of sp³-hybridized carbons (Fsp3) is 0.125. The van der Waals surface area contributed by atoms with Gasteiger partial charge < -0.3 is 5.11 Å². The molecular formula is C8H7N3O2. The Labute approximate surface area is 73.4 Å². The Morgan fingerprint density at radius 2 is 2.38 bits per heavy atom. The number of carboxylic acid groups (broad SMARTS) is 1. The van der Waals surface area contributed by atoms with Gasteiger partial charge in [0.1, 0.15) is 0 Å². The maximum absolute atomic E-state index is 10.8. The minimum Gasteiger partial charge on any atom is -0.476 e. The molecule has 0 spiro atoms. The summed E-state index contributed by atoms with van der Waals surface area (Å²) in [5, 5.41) is 16.1. The molecule has 2 heterocycles. The number of pyridine rings is 1. The Morgan fingerprint density at radius 1 is 1.62 bits per heavy atom. The lowest BCUT2D eigenvalue weighted by Gasteiger charge is -1.94. The Balaban J connectivity index is 2.88. The van der Waals surface area contributed by atoms with Crippen LogP contribution in [-0.4, -0.2) is 26.3 Å². The topological polar surface area (TPSA) is 78.9 Å². The molecule has 5 nitrogen and oxygen atoms in total. The number of hydrogen-bond donors (Lipinski definition) is 2. The predicted octanol–water partition coefficient (Wildman–Crippen LogP) is 0.965. The summed E-state index contributed by atoms with van der Waals surface area (Å²) in [5.74, 6) is -1.03. The van der Waals surface area contributed by atoms with Gasteiger partial charge in [0.2, 0.25) is 0 Å². The number of rotatable bonds is 1. The highest BCUT2D eigenvalue weighted by atomic mass is 16.4. The summed E-state index contributed by atoms with van der Waals surface area (Å²) in [5.41, 5.74) is 1.40. The average molecular weight is 177 g/mol. The van der Waals surface area contributed by atoms with E-state index in [1.165, 1.54) is 6.20 Å². The molecule has 2 rings (SSSR count). The lowest BCUT2D eigenvalue weighted by Crippen LogP contribution is -2.00. The zero-order chi connectivity index (χ0) is 9.42. The number of aromatic nitrogens is 3. The Morgan fingerprint density at radius 3 is 3.08 bits per heavy atom. The van der Waals surface area contributed by atoms with E-state index in [4.69, 9.17) is 5.11 Å². The number of H-pyrrole nitrogens is 1. The molecule has 0 atom stereocenters. The standard InChI is InChI=1S/C8H7N3O2/c1-4-6-5(11-10-4)2-3-9-7(6)8(12)13/h2-3H,1H3,(H,10,11)(H,12,13). The summed E-state index contributed by atoms with van der Waals surface area (Å²) in [6, 6.07) is 1.67. The number of aromatic carboxylic acids is 1. The Kier molecular flexibility index (Phi) is 1.51. The van der Waals surface area contributed by atoms with Crippen molar-refractivity contribution >= 4 is 16.9 Å². The first-order chi connectivity index (χ1) is 6.20. The molecular weight excluding hydrogens is 170 g/mol. The molecule has 5 heteroatoms. The molecule has 0 saturated carbocycles. The van der Waals surface area contributed by atoms with E-state index in [2.05, 4.69) is 15.2 Å². The third kappa shape index (κ3) is 1.05. The molecule has 0 unspecified atom stereocenters. The monoisotopic (exact) mass is 177 g/mol. The SMILES string of the molecule is Cc1[nH]nc2ccnc(C(=O)O)c12. The van der Waals surface area contributed by atoms with Crippen LogP contribution in [-0.2, 0) is 0 Å². The third-order valence-electron chi connectivity index (χ3n) is 1.85. The molecule has 0 bridgehead atoms. The number of hydrogen-bond acceptors (Lipinski definition) is 3. The van der Waals surface area contributed by atoms with Crippen LogP contribution < -0.4 is 0 Å². The highest BCUT2D eigenvalue weighted by Gasteiger charge is 2.13. The summed E-state index contributed by atoms with van der Waals surface area (Å²) in [7, 11) is 0. The van der Waals surface area contributed by atoms with E-state index in [9.17, 15) is 4.79 Å². The zero-order valence-electron chi connectivity index (χ0n) is 6.90. The second-order valence-corrected chi connectivity index (χ2v) is 2.71. The van der Waals surface area contributed by atoms with Gasteiger partial charge in [-0.3, -0.25) is 5.10 Å². The first-order valence-corrected chi connectivity index (χ1v) is 3.73. The normalized spacial score (nSPS) is 10.5. The summed E-state index contributed by atoms with van der Waals surface area (Å²) in [4.78, 5) is 14.5. The van der Waals surface area contributed by atoms with Crippen molar-refractivity contribution in [2.24, 2.45) is 0 Å². The lowest BCUT2D eigenvalue weighted by molar-refractivity contribution is 0.0693. The van der Waals surface area contributed by atoms with Crippen LogP contribution in [0.3, 0.4) is 0 Å².